The van der Waals surface area contributed by atoms with Crippen LogP contribution in [-0.4, -0.2) is 0 Å². The maximum atomic E-state index is 8.65. The van der Waals surface area contributed by atoms with E-state index in [0.29, 0.717) is 12.3 Å². The molecule has 0 saturated carbocycles. The molecule has 0 aliphatic heterocycles. The van der Waals surface area contributed by atoms with Crippen molar-refractivity contribution in [1.82, 2.24) is 0 Å². The van der Waals surface area contributed by atoms with Crippen LogP contribution in [0.5, 0.6) is 0 Å². The van der Waals surface area contributed by atoms with Crippen LogP contribution in [0.25, 0.3) is 0 Å². The maximum Gasteiger partial charge on any atom is 0.203 e. The fourth-order valence-electron chi connectivity index (χ4n) is 1.38. The summed E-state index contributed by atoms with van der Waals surface area (Å²) in [6, 6.07) is 11.3. The van der Waals surface area contributed by atoms with Gasteiger partial charge in [0.25, 0.3) is 0 Å². The van der Waals surface area contributed by atoms with Crippen LogP contribution in [0, 0.1) is 11.3 Å². The SMILES string of the molecule is N#Cc1ccc(CNc2c(Br)cccc2Br)o1. The lowest BCUT2D eigenvalue weighted by Gasteiger charge is -2.08. The van der Waals surface area contributed by atoms with Crippen LogP contribution < -0.4 is 5.32 Å². The lowest BCUT2D eigenvalue weighted by Crippen LogP contribution is -1.99. The maximum absolute atomic E-state index is 8.65. The van der Waals surface area contributed by atoms with Gasteiger partial charge in [0.2, 0.25) is 5.76 Å². The molecule has 2 rings (SSSR count). The zero-order valence-corrected chi connectivity index (χ0v) is 11.9. The first-order chi connectivity index (χ1) is 8.20. The van der Waals surface area contributed by atoms with Crippen LogP contribution in [0.2, 0.25) is 0 Å². The van der Waals surface area contributed by atoms with E-state index in [9.17, 15) is 0 Å². The summed E-state index contributed by atoms with van der Waals surface area (Å²) in [5.74, 6) is 1.05. The number of rotatable bonds is 3. The third kappa shape index (κ3) is 2.90. The fraction of sp³-hybridized carbons (Fsp3) is 0.0833. The second kappa shape index (κ2) is 5.39. The van der Waals surface area contributed by atoms with Crippen LogP contribution in [0.15, 0.2) is 43.7 Å². The predicted octanol–water partition coefficient (Wildman–Crippen LogP) is 4.29. The van der Waals surface area contributed by atoms with Gasteiger partial charge in [-0.2, -0.15) is 5.26 Å². The molecule has 0 aliphatic carbocycles. The van der Waals surface area contributed by atoms with Crippen molar-refractivity contribution in [3.8, 4) is 6.07 Å². The monoisotopic (exact) mass is 354 g/mol. The minimum absolute atomic E-state index is 0.327. The average molecular weight is 356 g/mol. The third-order valence-corrected chi connectivity index (χ3v) is 3.50. The van der Waals surface area contributed by atoms with Crippen LogP contribution in [0.1, 0.15) is 11.5 Å². The Morgan fingerprint density at radius 3 is 2.47 bits per heavy atom. The molecule has 0 radical (unpaired) electrons. The third-order valence-electron chi connectivity index (χ3n) is 2.17. The minimum Gasteiger partial charge on any atom is -0.449 e. The molecular weight excluding hydrogens is 348 g/mol. The highest BCUT2D eigenvalue weighted by atomic mass is 79.9. The number of nitriles is 1. The molecule has 2 aromatic rings. The van der Waals surface area contributed by atoms with E-state index in [1.807, 2.05) is 24.3 Å². The van der Waals surface area contributed by atoms with Gasteiger partial charge in [-0.05, 0) is 56.1 Å². The van der Waals surface area contributed by atoms with Crippen molar-refractivity contribution in [2.24, 2.45) is 0 Å². The van der Waals surface area contributed by atoms with E-state index >= 15 is 0 Å². The van der Waals surface area contributed by atoms with E-state index in [0.717, 1.165) is 20.4 Å². The van der Waals surface area contributed by atoms with E-state index in [1.165, 1.54) is 0 Å². The summed E-state index contributed by atoms with van der Waals surface area (Å²) < 4.78 is 7.22. The van der Waals surface area contributed by atoms with Gasteiger partial charge in [-0.25, -0.2) is 0 Å². The van der Waals surface area contributed by atoms with E-state index in [4.69, 9.17) is 9.68 Å². The van der Waals surface area contributed by atoms with Gasteiger partial charge in [-0.3, -0.25) is 0 Å². The van der Waals surface area contributed by atoms with Crippen molar-refractivity contribution >= 4 is 37.5 Å². The number of halogens is 2. The largest absolute Gasteiger partial charge is 0.449 e. The van der Waals surface area contributed by atoms with E-state index in [-0.39, 0.29) is 0 Å². The number of benzene rings is 1. The summed E-state index contributed by atoms with van der Waals surface area (Å²) in [5.41, 5.74) is 0.961. The Balaban J connectivity index is 2.10. The Morgan fingerprint density at radius 1 is 1.18 bits per heavy atom. The van der Waals surface area contributed by atoms with Crippen molar-refractivity contribution in [1.29, 1.82) is 5.26 Å². The number of para-hydroxylation sites is 1. The van der Waals surface area contributed by atoms with Gasteiger partial charge in [-0.1, -0.05) is 6.07 Å². The summed E-state index contributed by atoms with van der Waals surface area (Å²) in [7, 11) is 0. The molecule has 0 amide bonds. The predicted molar refractivity (Wildman–Crippen MR) is 72.6 cm³/mol. The first-order valence-electron chi connectivity index (χ1n) is 4.87. The molecule has 0 unspecified atom stereocenters. The number of anilines is 1. The van der Waals surface area contributed by atoms with Crippen molar-refractivity contribution in [3.05, 3.63) is 50.8 Å². The van der Waals surface area contributed by atoms with Gasteiger partial charge in [0, 0.05) is 8.95 Å². The summed E-state index contributed by atoms with van der Waals surface area (Å²) in [6.07, 6.45) is 0. The van der Waals surface area contributed by atoms with Gasteiger partial charge in [0.15, 0.2) is 0 Å². The highest BCUT2D eigenvalue weighted by Crippen LogP contribution is 2.30. The second-order valence-electron chi connectivity index (χ2n) is 3.33. The van der Waals surface area contributed by atoms with E-state index in [2.05, 4.69) is 37.2 Å². The number of nitrogens with zero attached hydrogens (tertiary/aromatic N) is 1. The van der Waals surface area contributed by atoms with Crippen molar-refractivity contribution in [2.45, 2.75) is 6.54 Å². The molecule has 1 N–H and O–H groups in total. The quantitative estimate of drug-likeness (QED) is 0.893. The smallest absolute Gasteiger partial charge is 0.203 e. The highest BCUT2D eigenvalue weighted by Gasteiger charge is 2.05. The van der Waals surface area contributed by atoms with Crippen LogP contribution in [-0.2, 0) is 6.54 Å². The molecule has 1 heterocycles. The Kier molecular flexibility index (Phi) is 3.87. The number of nitrogens with one attached hydrogen (secondary N) is 1. The Hall–Kier alpha value is -1.25. The molecule has 0 spiro atoms. The van der Waals surface area contributed by atoms with Crippen LogP contribution >= 0.6 is 31.9 Å². The Morgan fingerprint density at radius 2 is 1.88 bits per heavy atom. The topological polar surface area (TPSA) is 49.0 Å². The Labute approximate surface area is 116 Å². The number of hydrogen-bond donors (Lipinski definition) is 1. The second-order valence-corrected chi connectivity index (χ2v) is 5.04. The van der Waals surface area contributed by atoms with Gasteiger partial charge >= 0.3 is 0 Å². The van der Waals surface area contributed by atoms with Crippen molar-refractivity contribution in [3.63, 3.8) is 0 Å². The lowest BCUT2D eigenvalue weighted by molar-refractivity contribution is 0.506. The minimum atomic E-state index is 0.327. The molecule has 0 aliphatic rings. The molecule has 1 aromatic heterocycles. The molecule has 0 atom stereocenters. The van der Waals surface area contributed by atoms with Crippen molar-refractivity contribution in [2.75, 3.05) is 5.32 Å². The number of furan rings is 1. The summed E-state index contributed by atoms with van der Waals surface area (Å²) in [6.45, 7) is 0.531. The fourth-order valence-corrected chi connectivity index (χ4v) is 2.65. The summed E-state index contributed by atoms with van der Waals surface area (Å²) in [5, 5.41) is 11.9. The van der Waals surface area contributed by atoms with Gasteiger partial charge in [-0.15, -0.1) is 0 Å². The molecule has 0 fully saturated rings. The van der Waals surface area contributed by atoms with Crippen LogP contribution in [0.4, 0.5) is 5.69 Å². The first-order valence-corrected chi connectivity index (χ1v) is 6.46. The zero-order chi connectivity index (χ0) is 12.3. The normalized spacial score (nSPS) is 9.94. The molecular formula is C12H8Br2N2O. The van der Waals surface area contributed by atoms with Crippen molar-refractivity contribution < 1.29 is 4.42 Å². The molecule has 0 saturated heterocycles. The molecule has 86 valence electrons. The van der Waals surface area contributed by atoms with Crippen LogP contribution in [0.3, 0.4) is 0 Å². The standard InChI is InChI=1S/C12H8Br2N2O/c13-10-2-1-3-11(14)12(10)16-7-9-5-4-8(6-15)17-9/h1-5,16H,7H2. The molecule has 5 heteroatoms. The Bertz CT molecular complexity index is 552. The number of hydrogen-bond acceptors (Lipinski definition) is 3. The summed E-state index contributed by atoms with van der Waals surface area (Å²) >= 11 is 6.93. The van der Waals surface area contributed by atoms with Gasteiger partial charge in [0.05, 0.1) is 12.2 Å². The molecule has 1 aromatic carbocycles. The average Bonchev–Trinajstić information content (AvgIpc) is 2.76. The van der Waals surface area contributed by atoms with E-state index in [1.54, 1.807) is 12.1 Å². The zero-order valence-electron chi connectivity index (χ0n) is 8.71. The van der Waals surface area contributed by atoms with E-state index < -0.39 is 0 Å². The lowest BCUT2D eigenvalue weighted by atomic mass is 10.3. The summed E-state index contributed by atoms with van der Waals surface area (Å²) in [4.78, 5) is 0. The molecule has 3 nitrogen and oxygen atoms in total. The van der Waals surface area contributed by atoms with Gasteiger partial charge < -0.3 is 9.73 Å². The molecule has 17 heavy (non-hydrogen) atoms. The molecule has 0 bridgehead atoms. The van der Waals surface area contributed by atoms with Gasteiger partial charge in [0.1, 0.15) is 11.8 Å². The highest BCUT2D eigenvalue weighted by molar-refractivity contribution is 9.11. The first kappa shape index (κ1) is 12.2.